The molecular formula is C13H14FN5O3. The van der Waals surface area contributed by atoms with E-state index < -0.39 is 18.1 Å². The van der Waals surface area contributed by atoms with Crippen molar-refractivity contribution in [1.29, 1.82) is 0 Å². The van der Waals surface area contributed by atoms with E-state index in [1.807, 2.05) is 4.90 Å². The van der Waals surface area contributed by atoms with Gasteiger partial charge < -0.3 is 14.4 Å². The largest absolute Gasteiger partial charge is 0.447 e. The van der Waals surface area contributed by atoms with E-state index in [9.17, 15) is 9.18 Å². The molecule has 0 saturated carbocycles. The minimum atomic E-state index is -0.800. The van der Waals surface area contributed by atoms with E-state index in [0.717, 1.165) is 4.90 Å². The molecule has 0 aromatic heterocycles. The van der Waals surface area contributed by atoms with Crippen LogP contribution in [0, 0.1) is 5.82 Å². The first-order valence-electron chi connectivity index (χ1n) is 6.83. The molecule has 0 unspecified atom stereocenters. The second kappa shape index (κ2) is 6.08. The molecule has 0 radical (unpaired) electrons. The molecular weight excluding hydrogens is 293 g/mol. The van der Waals surface area contributed by atoms with Crippen LogP contribution in [-0.4, -0.2) is 45.2 Å². The number of hydrogen-bond donors (Lipinski definition) is 0. The van der Waals surface area contributed by atoms with Gasteiger partial charge in [0.15, 0.2) is 6.17 Å². The highest BCUT2D eigenvalue weighted by atomic mass is 19.1. The van der Waals surface area contributed by atoms with E-state index in [4.69, 9.17) is 15.0 Å². The molecule has 2 aliphatic heterocycles. The van der Waals surface area contributed by atoms with Gasteiger partial charge in [-0.2, -0.15) is 0 Å². The molecule has 3 rings (SSSR count). The van der Waals surface area contributed by atoms with Crippen molar-refractivity contribution in [2.75, 3.05) is 42.7 Å². The van der Waals surface area contributed by atoms with Crippen molar-refractivity contribution in [2.45, 2.75) is 6.17 Å². The fourth-order valence-corrected chi connectivity index (χ4v) is 2.54. The minimum Gasteiger partial charge on any atom is -0.447 e. The molecule has 2 aliphatic rings. The van der Waals surface area contributed by atoms with Crippen LogP contribution in [0.15, 0.2) is 23.3 Å². The summed E-state index contributed by atoms with van der Waals surface area (Å²) in [5.74, 6) is -0.446. The van der Waals surface area contributed by atoms with E-state index >= 15 is 0 Å². The summed E-state index contributed by atoms with van der Waals surface area (Å²) in [7, 11) is 0. The monoisotopic (exact) mass is 307 g/mol. The summed E-state index contributed by atoms with van der Waals surface area (Å²) in [5.41, 5.74) is 9.28. The SMILES string of the molecule is [N-]=[N+]=N[C@@H]1COC(=O)N1c1ccc(N2CCOCC2)c(F)c1. The van der Waals surface area contributed by atoms with Gasteiger partial charge in [0.25, 0.3) is 0 Å². The number of rotatable bonds is 3. The predicted molar refractivity (Wildman–Crippen MR) is 76.2 cm³/mol. The Bertz CT molecular complexity index is 628. The lowest BCUT2D eigenvalue weighted by Gasteiger charge is -2.29. The van der Waals surface area contributed by atoms with Gasteiger partial charge in [-0.3, -0.25) is 4.90 Å². The summed E-state index contributed by atoms with van der Waals surface area (Å²) in [5, 5.41) is 3.49. The Morgan fingerprint density at radius 1 is 1.36 bits per heavy atom. The number of morpholine rings is 1. The first kappa shape index (κ1) is 14.4. The molecule has 2 heterocycles. The van der Waals surface area contributed by atoms with Crippen molar-refractivity contribution >= 4 is 17.5 Å². The van der Waals surface area contributed by atoms with Crippen molar-refractivity contribution in [1.82, 2.24) is 0 Å². The van der Waals surface area contributed by atoms with Crippen molar-refractivity contribution in [2.24, 2.45) is 5.11 Å². The number of carbonyl (C=O) groups excluding carboxylic acids is 1. The highest BCUT2D eigenvalue weighted by Gasteiger charge is 2.34. The van der Waals surface area contributed by atoms with Crippen molar-refractivity contribution in [3.8, 4) is 0 Å². The Labute approximate surface area is 125 Å². The van der Waals surface area contributed by atoms with Gasteiger partial charge in [0.2, 0.25) is 0 Å². The number of benzene rings is 1. The Morgan fingerprint density at radius 3 is 2.82 bits per heavy atom. The third kappa shape index (κ3) is 2.63. The van der Waals surface area contributed by atoms with Gasteiger partial charge in [-0.25, -0.2) is 9.18 Å². The van der Waals surface area contributed by atoms with E-state index in [2.05, 4.69) is 10.0 Å². The van der Waals surface area contributed by atoms with Crippen LogP contribution in [0.2, 0.25) is 0 Å². The van der Waals surface area contributed by atoms with Gasteiger partial charge in [-0.1, -0.05) is 5.11 Å². The fourth-order valence-electron chi connectivity index (χ4n) is 2.54. The third-order valence-corrected chi connectivity index (χ3v) is 3.60. The molecule has 0 bridgehead atoms. The summed E-state index contributed by atoms with van der Waals surface area (Å²) < 4.78 is 24.4. The number of nitrogens with zero attached hydrogens (tertiary/aromatic N) is 5. The molecule has 22 heavy (non-hydrogen) atoms. The molecule has 2 saturated heterocycles. The summed E-state index contributed by atoms with van der Waals surface area (Å²) >= 11 is 0. The van der Waals surface area contributed by atoms with E-state index in [-0.39, 0.29) is 6.61 Å². The van der Waals surface area contributed by atoms with Crippen LogP contribution in [-0.2, 0) is 9.47 Å². The molecule has 9 heteroatoms. The van der Waals surface area contributed by atoms with Gasteiger partial charge in [0.1, 0.15) is 12.4 Å². The lowest BCUT2D eigenvalue weighted by Crippen LogP contribution is -2.37. The summed E-state index contributed by atoms with van der Waals surface area (Å²) in [6.45, 7) is 2.29. The number of cyclic esters (lactones) is 1. The topological polar surface area (TPSA) is 90.8 Å². The molecule has 0 N–H and O–H groups in total. The lowest BCUT2D eigenvalue weighted by atomic mass is 10.2. The van der Waals surface area contributed by atoms with Gasteiger partial charge in [-0.15, -0.1) is 0 Å². The smallest absolute Gasteiger partial charge is 0.414 e. The number of carbonyl (C=O) groups is 1. The van der Waals surface area contributed by atoms with Crippen LogP contribution in [0.3, 0.4) is 0 Å². The van der Waals surface area contributed by atoms with Crippen LogP contribution in [0.1, 0.15) is 0 Å². The Kier molecular flexibility index (Phi) is 3.99. The highest BCUT2D eigenvalue weighted by molar-refractivity contribution is 5.90. The van der Waals surface area contributed by atoms with Crippen molar-refractivity contribution in [3.63, 3.8) is 0 Å². The molecule has 2 fully saturated rings. The number of halogens is 1. The molecule has 0 aliphatic carbocycles. The van der Waals surface area contributed by atoms with E-state index in [0.29, 0.717) is 37.7 Å². The Hall–Kier alpha value is -2.51. The number of ether oxygens (including phenoxy) is 2. The lowest BCUT2D eigenvalue weighted by molar-refractivity contribution is 0.122. The average Bonchev–Trinajstić information content (AvgIpc) is 2.89. The van der Waals surface area contributed by atoms with Gasteiger partial charge in [0, 0.05) is 18.0 Å². The molecule has 1 atom stereocenters. The number of azide groups is 1. The fraction of sp³-hybridized carbons (Fsp3) is 0.462. The first-order chi connectivity index (χ1) is 10.7. The molecule has 1 aromatic carbocycles. The van der Waals surface area contributed by atoms with Gasteiger partial charge in [-0.05, 0) is 23.7 Å². The molecule has 1 amide bonds. The number of amides is 1. The maximum Gasteiger partial charge on any atom is 0.414 e. The van der Waals surface area contributed by atoms with Crippen LogP contribution in [0.4, 0.5) is 20.6 Å². The molecule has 1 aromatic rings. The second-order valence-electron chi connectivity index (χ2n) is 4.87. The van der Waals surface area contributed by atoms with Crippen molar-refractivity contribution < 1.29 is 18.7 Å². The second-order valence-corrected chi connectivity index (χ2v) is 4.87. The summed E-state index contributed by atoms with van der Waals surface area (Å²) in [6, 6.07) is 4.46. The average molecular weight is 307 g/mol. The van der Waals surface area contributed by atoms with Crippen molar-refractivity contribution in [3.05, 3.63) is 34.5 Å². The zero-order valence-corrected chi connectivity index (χ0v) is 11.7. The van der Waals surface area contributed by atoms with E-state index in [1.54, 1.807) is 12.1 Å². The summed E-state index contributed by atoms with van der Waals surface area (Å²) in [4.78, 5) is 17.4. The number of anilines is 2. The summed E-state index contributed by atoms with van der Waals surface area (Å²) in [6.07, 6.45) is -1.46. The first-order valence-corrected chi connectivity index (χ1v) is 6.83. The zero-order valence-electron chi connectivity index (χ0n) is 11.7. The number of hydrogen-bond acceptors (Lipinski definition) is 5. The molecule has 0 spiro atoms. The Balaban J connectivity index is 1.87. The van der Waals surface area contributed by atoms with Crippen LogP contribution in [0.25, 0.3) is 10.4 Å². The highest BCUT2D eigenvalue weighted by Crippen LogP contribution is 2.29. The predicted octanol–water partition coefficient (Wildman–Crippen LogP) is 2.26. The van der Waals surface area contributed by atoms with Gasteiger partial charge >= 0.3 is 6.09 Å². The normalized spacial score (nSPS) is 21.5. The molecule has 116 valence electrons. The third-order valence-electron chi connectivity index (χ3n) is 3.60. The minimum absolute atomic E-state index is 0.0459. The Morgan fingerprint density at radius 2 is 2.14 bits per heavy atom. The van der Waals surface area contributed by atoms with E-state index in [1.165, 1.54) is 6.07 Å². The maximum absolute atomic E-state index is 14.4. The standard InChI is InChI=1S/C13H14FN5O3/c14-10-7-9(19-12(16-17-15)8-22-13(19)20)1-2-11(10)18-3-5-21-6-4-18/h1-2,7,12H,3-6,8H2/t12-/m0/s1. The zero-order chi connectivity index (χ0) is 15.5. The van der Waals surface area contributed by atoms with Crippen LogP contribution in [0.5, 0.6) is 0 Å². The quantitative estimate of drug-likeness (QED) is 0.486. The maximum atomic E-state index is 14.4. The molecule has 8 nitrogen and oxygen atoms in total. The van der Waals surface area contributed by atoms with Gasteiger partial charge in [0.05, 0.1) is 24.6 Å². The van der Waals surface area contributed by atoms with Crippen LogP contribution < -0.4 is 9.80 Å². The van der Waals surface area contributed by atoms with Crippen LogP contribution >= 0.6 is 0 Å².